The molecule has 0 saturated heterocycles. The third kappa shape index (κ3) is 3.97. The van der Waals surface area contributed by atoms with Gasteiger partial charge < -0.3 is 10.6 Å². The second-order valence-corrected chi connectivity index (χ2v) is 7.31. The Morgan fingerprint density at radius 3 is 2.15 bits per heavy atom. The van der Waals surface area contributed by atoms with Gasteiger partial charge in [-0.3, -0.25) is 4.79 Å². The maximum atomic E-state index is 12.2. The molecule has 0 aromatic carbocycles. The maximum absolute atomic E-state index is 12.2. The molecule has 3 heteroatoms. The van der Waals surface area contributed by atoms with Gasteiger partial charge in [0.2, 0.25) is 5.91 Å². The van der Waals surface area contributed by atoms with E-state index in [-0.39, 0.29) is 11.9 Å². The lowest BCUT2D eigenvalue weighted by molar-refractivity contribution is -0.123. The minimum Gasteiger partial charge on any atom is -0.352 e. The van der Waals surface area contributed by atoms with Gasteiger partial charge in [0.25, 0.3) is 0 Å². The molecule has 1 amide bonds. The highest BCUT2D eigenvalue weighted by Crippen LogP contribution is 2.48. The fraction of sp³-hybridized carbons (Fsp3) is 0.941. The quantitative estimate of drug-likeness (QED) is 0.752. The van der Waals surface area contributed by atoms with Crippen molar-refractivity contribution in [3.05, 3.63) is 0 Å². The first-order valence-corrected chi connectivity index (χ1v) is 8.78. The number of amides is 1. The van der Waals surface area contributed by atoms with Crippen LogP contribution in [0.2, 0.25) is 0 Å². The number of nitrogens with one attached hydrogen (secondary N) is 2. The Labute approximate surface area is 123 Å². The zero-order valence-electron chi connectivity index (χ0n) is 12.9. The van der Waals surface area contributed by atoms with Gasteiger partial charge in [-0.05, 0) is 69.7 Å². The molecule has 3 saturated carbocycles. The standard InChI is InChI=1S/C17H30N2O/c1-12(17(20)19-15-5-3-2-4-6-15)18-11-16(13-7-8-13)14-9-10-14/h12-16,18H,2-11H2,1H3,(H,19,20). The highest BCUT2D eigenvalue weighted by Gasteiger charge is 2.41. The molecular formula is C17H30N2O. The molecule has 0 aromatic rings. The van der Waals surface area contributed by atoms with E-state index in [1.165, 1.54) is 57.8 Å². The van der Waals surface area contributed by atoms with Crippen molar-refractivity contribution in [2.75, 3.05) is 6.54 Å². The lowest BCUT2D eigenvalue weighted by Gasteiger charge is -2.25. The van der Waals surface area contributed by atoms with Gasteiger partial charge in [0.1, 0.15) is 0 Å². The summed E-state index contributed by atoms with van der Waals surface area (Å²) in [6.45, 7) is 3.07. The number of carbonyl (C=O) groups is 1. The van der Waals surface area contributed by atoms with Gasteiger partial charge in [0, 0.05) is 6.04 Å². The summed E-state index contributed by atoms with van der Waals surface area (Å²) in [5.74, 6) is 2.98. The maximum Gasteiger partial charge on any atom is 0.237 e. The van der Waals surface area contributed by atoms with E-state index < -0.39 is 0 Å². The number of rotatable bonds is 7. The third-order valence-electron chi connectivity index (χ3n) is 5.46. The molecule has 3 aliphatic carbocycles. The van der Waals surface area contributed by atoms with Crippen molar-refractivity contribution in [3.63, 3.8) is 0 Å². The summed E-state index contributed by atoms with van der Waals surface area (Å²) in [5.41, 5.74) is 0. The molecule has 2 N–H and O–H groups in total. The molecule has 3 aliphatic rings. The average molecular weight is 278 g/mol. The van der Waals surface area contributed by atoms with Gasteiger partial charge in [-0.1, -0.05) is 19.3 Å². The molecule has 3 nitrogen and oxygen atoms in total. The van der Waals surface area contributed by atoms with Crippen LogP contribution in [0.15, 0.2) is 0 Å². The van der Waals surface area contributed by atoms with Gasteiger partial charge in [0.15, 0.2) is 0 Å². The fourth-order valence-electron chi connectivity index (χ4n) is 3.75. The summed E-state index contributed by atoms with van der Waals surface area (Å²) in [4.78, 5) is 12.2. The van der Waals surface area contributed by atoms with E-state index in [1.54, 1.807) is 0 Å². The van der Waals surface area contributed by atoms with Gasteiger partial charge in [-0.25, -0.2) is 0 Å². The highest BCUT2D eigenvalue weighted by molar-refractivity contribution is 5.81. The summed E-state index contributed by atoms with van der Waals surface area (Å²) >= 11 is 0. The molecule has 0 aliphatic heterocycles. The Hall–Kier alpha value is -0.570. The SMILES string of the molecule is CC(NCC(C1CC1)C1CC1)C(=O)NC1CCCCC1. The van der Waals surface area contributed by atoms with Crippen molar-refractivity contribution in [1.82, 2.24) is 10.6 Å². The first-order chi connectivity index (χ1) is 9.74. The zero-order valence-corrected chi connectivity index (χ0v) is 12.9. The summed E-state index contributed by atoms with van der Waals surface area (Å²) in [6, 6.07) is 0.403. The van der Waals surface area contributed by atoms with Gasteiger partial charge in [-0.15, -0.1) is 0 Å². The van der Waals surface area contributed by atoms with E-state index in [9.17, 15) is 4.79 Å². The Morgan fingerprint density at radius 2 is 1.60 bits per heavy atom. The molecule has 1 unspecified atom stereocenters. The highest BCUT2D eigenvalue weighted by atomic mass is 16.2. The summed E-state index contributed by atoms with van der Waals surface area (Å²) < 4.78 is 0. The fourth-order valence-corrected chi connectivity index (χ4v) is 3.75. The average Bonchev–Trinajstić information content (AvgIpc) is 3.33. The number of hydrogen-bond acceptors (Lipinski definition) is 2. The number of hydrogen-bond donors (Lipinski definition) is 2. The second kappa shape index (κ2) is 6.46. The van der Waals surface area contributed by atoms with Crippen LogP contribution in [0, 0.1) is 17.8 Å². The first-order valence-electron chi connectivity index (χ1n) is 8.78. The van der Waals surface area contributed by atoms with E-state index in [0.29, 0.717) is 6.04 Å². The normalized spacial score (nSPS) is 25.7. The molecule has 3 rings (SSSR count). The van der Waals surface area contributed by atoms with Crippen molar-refractivity contribution in [2.24, 2.45) is 17.8 Å². The molecule has 0 radical (unpaired) electrons. The molecular weight excluding hydrogens is 248 g/mol. The largest absolute Gasteiger partial charge is 0.352 e. The minimum atomic E-state index is -0.0306. The summed E-state index contributed by atoms with van der Waals surface area (Å²) in [5, 5.41) is 6.73. The van der Waals surface area contributed by atoms with Crippen LogP contribution in [0.5, 0.6) is 0 Å². The van der Waals surface area contributed by atoms with Crippen LogP contribution in [-0.2, 0) is 4.79 Å². The van der Waals surface area contributed by atoms with Crippen LogP contribution < -0.4 is 10.6 Å². The van der Waals surface area contributed by atoms with Crippen LogP contribution in [-0.4, -0.2) is 24.5 Å². The van der Waals surface area contributed by atoms with Gasteiger partial charge in [0.05, 0.1) is 6.04 Å². The molecule has 3 fully saturated rings. The van der Waals surface area contributed by atoms with Crippen LogP contribution in [0.3, 0.4) is 0 Å². The van der Waals surface area contributed by atoms with Gasteiger partial charge in [-0.2, -0.15) is 0 Å². The Kier molecular flexibility index (Phi) is 4.65. The Bertz CT molecular complexity index is 318. The molecule has 0 spiro atoms. The van der Waals surface area contributed by atoms with Crippen molar-refractivity contribution >= 4 is 5.91 Å². The van der Waals surface area contributed by atoms with E-state index in [2.05, 4.69) is 10.6 Å². The van der Waals surface area contributed by atoms with Crippen LogP contribution in [0.1, 0.15) is 64.7 Å². The van der Waals surface area contributed by atoms with Crippen molar-refractivity contribution < 1.29 is 4.79 Å². The summed E-state index contributed by atoms with van der Waals surface area (Å²) in [7, 11) is 0. The molecule has 20 heavy (non-hydrogen) atoms. The van der Waals surface area contributed by atoms with Crippen LogP contribution >= 0.6 is 0 Å². The predicted molar refractivity (Wildman–Crippen MR) is 81.4 cm³/mol. The molecule has 0 aromatic heterocycles. The molecule has 114 valence electrons. The Balaban J connectivity index is 1.38. The monoisotopic (exact) mass is 278 g/mol. The molecule has 1 atom stereocenters. The second-order valence-electron chi connectivity index (χ2n) is 7.31. The number of carbonyl (C=O) groups excluding carboxylic acids is 1. The van der Waals surface area contributed by atoms with Crippen molar-refractivity contribution in [3.8, 4) is 0 Å². The zero-order chi connectivity index (χ0) is 13.9. The van der Waals surface area contributed by atoms with E-state index in [0.717, 1.165) is 24.3 Å². The lowest BCUT2D eigenvalue weighted by Crippen LogP contribution is -2.48. The molecule has 0 heterocycles. The van der Waals surface area contributed by atoms with Gasteiger partial charge >= 0.3 is 0 Å². The summed E-state index contributed by atoms with van der Waals surface area (Å²) in [6.07, 6.45) is 11.9. The van der Waals surface area contributed by atoms with Crippen molar-refractivity contribution in [1.29, 1.82) is 0 Å². The smallest absolute Gasteiger partial charge is 0.237 e. The van der Waals surface area contributed by atoms with Crippen LogP contribution in [0.25, 0.3) is 0 Å². The molecule has 0 bridgehead atoms. The van der Waals surface area contributed by atoms with Crippen LogP contribution in [0.4, 0.5) is 0 Å². The van der Waals surface area contributed by atoms with E-state index in [4.69, 9.17) is 0 Å². The van der Waals surface area contributed by atoms with E-state index >= 15 is 0 Å². The lowest BCUT2D eigenvalue weighted by atomic mass is 9.95. The predicted octanol–water partition coefficient (Wildman–Crippen LogP) is 2.85. The van der Waals surface area contributed by atoms with Crippen molar-refractivity contribution in [2.45, 2.75) is 76.8 Å². The first kappa shape index (κ1) is 14.4. The minimum absolute atomic E-state index is 0.0306. The van der Waals surface area contributed by atoms with E-state index in [1.807, 2.05) is 6.92 Å². The Morgan fingerprint density at radius 1 is 1.00 bits per heavy atom. The third-order valence-corrected chi connectivity index (χ3v) is 5.46. The topological polar surface area (TPSA) is 41.1 Å².